The number of anilines is 1. The molecule has 0 fully saturated rings. The lowest BCUT2D eigenvalue weighted by atomic mass is 10.2. The molecule has 3 rings (SSSR count). The minimum atomic E-state index is -3.05. The van der Waals surface area contributed by atoms with Crippen molar-refractivity contribution in [1.29, 1.82) is 0 Å². The van der Waals surface area contributed by atoms with Gasteiger partial charge in [0.2, 0.25) is 0 Å². The van der Waals surface area contributed by atoms with E-state index in [4.69, 9.17) is 4.74 Å². The number of carbonyl (C=O) groups is 2. The number of halogens is 2. The van der Waals surface area contributed by atoms with Crippen LogP contribution in [-0.4, -0.2) is 34.1 Å². The molecule has 32 heavy (non-hydrogen) atoms. The van der Waals surface area contributed by atoms with Crippen molar-refractivity contribution in [2.75, 3.05) is 5.32 Å². The molecule has 2 aromatic carbocycles. The average Bonchev–Trinajstić information content (AvgIpc) is 2.76. The summed E-state index contributed by atoms with van der Waals surface area (Å²) < 4.78 is 35.9. The summed E-state index contributed by atoms with van der Waals surface area (Å²) in [5.41, 5.74) is 0.323. The van der Waals surface area contributed by atoms with E-state index in [-0.39, 0.29) is 29.8 Å². The number of carbonyl (C=O) groups excluding carboxylic acids is 2. The molecule has 10 heteroatoms. The van der Waals surface area contributed by atoms with E-state index < -0.39 is 24.6 Å². The third-order valence-electron chi connectivity index (χ3n) is 4.67. The minimum absolute atomic E-state index is 0.0241. The highest BCUT2D eigenvalue weighted by atomic mass is 19.3. The van der Waals surface area contributed by atoms with Crippen molar-refractivity contribution in [3.05, 3.63) is 64.7 Å². The summed E-state index contributed by atoms with van der Waals surface area (Å²) >= 11 is 0. The van der Waals surface area contributed by atoms with Gasteiger partial charge in [-0.3, -0.25) is 19.0 Å². The Labute approximate surface area is 181 Å². The second-order valence-electron chi connectivity index (χ2n) is 6.91. The van der Waals surface area contributed by atoms with Gasteiger partial charge in [-0.1, -0.05) is 24.3 Å². The van der Waals surface area contributed by atoms with E-state index in [9.17, 15) is 23.2 Å². The van der Waals surface area contributed by atoms with Gasteiger partial charge in [-0.2, -0.15) is 8.78 Å². The Morgan fingerprint density at radius 1 is 1.12 bits per heavy atom. The summed E-state index contributed by atoms with van der Waals surface area (Å²) in [7, 11) is 1.57. The Morgan fingerprint density at radius 2 is 1.81 bits per heavy atom. The van der Waals surface area contributed by atoms with Gasteiger partial charge >= 0.3 is 12.6 Å². The van der Waals surface area contributed by atoms with Crippen molar-refractivity contribution >= 4 is 28.5 Å². The van der Waals surface area contributed by atoms with Crippen LogP contribution in [0.15, 0.2) is 53.3 Å². The summed E-state index contributed by atoms with van der Waals surface area (Å²) in [5.74, 6) is -1.19. The van der Waals surface area contributed by atoms with E-state index in [1.807, 2.05) is 0 Å². The van der Waals surface area contributed by atoms with Crippen LogP contribution in [0.25, 0.3) is 10.9 Å². The van der Waals surface area contributed by atoms with Gasteiger partial charge in [-0.15, -0.1) is 0 Å². The molecule has 0 aliphatic heterocycles. The Hall–Kier alpha value is -3.82. The number of nitrogens with zero attached hydrogens (tertiary/aromatic N) is 2. The number of hydrogen-bond donors (Lipinski definition) is 1. The van der Waals surface area contributed by atoms with Crippen LogP contribution in [0.1, 0.15) is 19.2 Å². The molecule has 168 valence electrons. The Morgan fingerprint density at radius 3 is 2.56 bits per heavy atom. The highest BCUT2D eigenvalue weighted by Gasteiger charge is 2.20. The van der Waals surface area contributed by atoms with Crippen LogP contribution in [0.2, 0.25) is 0 Å². The number of amides is 1. The fourth-order valence-electron chi connectivity index (χ4n) is 3.01. The molecule has 1 N–H and O–H groups in total. The van der Waals surface area contributed by atoms with Crippen molar-refractivity contribution in [3.8, 4) is 5.75 Å². The number of alkyl halides is 2. The number of fused-ring (bicyclic) bond motifs is 1. The fraction of sp³-hybridized carbons (Fsp3) is 0.273. The number of aryl methyl sites for hydroxylation is 1. The van der Waals surface area contributed by atoms with Gasteiger partial charge in [0.25, 0.3) is 11.5 Å². The van der Waals surface area contributed by atoms with E-state index in [0.29, 0.717) is 16.7 Å². The molecule has 1 heterocycles. The smallest absolute Gasteiger partial charge is 0.387 e. The summed E-state index contributed by atoms with van der Waals surface area (Å²) in [5, 5.41) is 2.87. The average molecular weight is 445 g/mol. The van der Waals surface area contributed by atoms with E-state index in [1.165, 1.54) is 35.8 Å². The van der Waals surface area contributed by atoms with Crippen molar-refractivity contribution in [3.63, 3.8) is 0 Å². The van der Waals surface area contributed by atoms with E-state index in [1.54, 1.807) is 31.3 Å². The zero-order valence-electron chi connectivity index (χ0n) is 17.4. The molecule has 0 saturated carbocycles. The molecule has 1 aromatic heterocycles. The monoisotopic (exact) mass is 445 g/mol. The standard InChI is InChI=1S/C22H21F2N3O5/c1-13(20(29)26-16-9-5-6-10-17(16)32-22(23)24)31-19(28)12-11-18-25-15-8-4-3-7-14(15)21(30)27(18)2/h3-10,13,22H,11-12H2,1-2H3,(H,26,29). The van der Waals surface area contributed by atoms with E-state index in [2.05, 4.69) is 15.0 Å². The van der Waals surface area contributed by atoms with Crippen molar-refractivity contribution < 1.29 is 27.8 Å². The first-order valence-corrected chi connectivity index (χ1v) is 9.75. The van der Waals surface area contributed by atoms with Crippen LogP contribution < -0.4 is 15.6 Å². The number of para-hydroxylation sites is 3. The van der Waals surface area contributed by atoms with Gasteiger partial charge in [0.05, 0.1) is 23.0 Å². The van der Waals surface area contributed by atoms with Crippen LogP contribution in [0.3, 0.4) is 0 Å². The van der Waals surface area contributed by atoms with E-state index in [0.717, 1.165) is 0 Å². The summed E-state index contributed by atoms with van der Waals surface area (Å²) in [6.07, 6.45) is -1.16. The molecule has 3 aromatic rings. The highest BCUT2D eigenvalue weighted by Crippen LogP contribution is 2.25. The fourth-order valence-corrected chi connectivity index (χ4v) is 3.01. The van der Waals surface area contributed by atoms with Gasteiger partial charge in [0.1, 0.15) is 11.6 Å². The van der Waals surface area contributed by atoms with Crippen molar-refractivity contribution in [1.82, 2.24) is 9.55 Å². The number of nitrogens with one attached hydrogen (secondary N) is 1. The topological polar surface area (TPSA) is 99.5 Å². The van der Waals surface area contributed by atoms with E-state index >= 15 is 0 Å². The first kappa shape index (κ1) is 22.9. The number of ether oxygens (including phenoxy) is 2. The van der Waals surface area contributed by atoms with Crippen molar-refractivity contribution in [2.24, 2.45) is 7.05 Å². The largest absolute Gasteiger partial charge is 0.453 e. The number of esters is 1. The Kier molecular flexibility index (Phi) is 7.14. The first-order valence-electron chi connectivity index (χ1n) is 9.75. The second-order valence-corrected chi connectivity index (χ2v) is 6.91. The molecule has 0 aliphatic rings. The molecular weight excluding hydrogens is 424 g/mol. The highest BCUT2D eigenvalue weighted by molar-refractivity contribution is 5.96. The van der Waals surface area contributed by atoms with Gasteiger partial charge in [-0.05, 0) is 31.2 Å². The predicted molar refractivity (Wildman–Crippen MR) is 113 cm³/mol. The molecule has 0 aliphatic carbocycles. The Balaban J connectivity index is 1.60. The first-order chi connectivity index (χ1) is 15.3. The normalized spacial score (nSPS) is 11.9. The van der Waals surface area contributed by atoms with Crippen LogP contribution in [0.5, 0.6) is 5.75 Å². The van der Waals surface area contributed by atoms with Gasteiger partial charge in [-0.25, -0.2) is 4.98 Å². The molecule has 8 nitrogen and oxygen atoms in total. The predicted octanol–water partition coefficient (Wildman–Crippen LogP) is 3.04. The molecule has 0 saturated heterocycles. The van der Waals surface area contributed by atoms with Crippen molar-refractivity contribution in [2.45, 2.75) is 32.5 Å². The number of hydrogen-bond acceptors (Lipinski definition) is 6. The summed E-state index contributed by atoms with van der Waals surface area (Å²) in [4.78, 5) is 41.4. The zero-order valence-corrected chi connectivity index (χ0v) is 17.4. The summed E-state index contributed by atoms with van der Waals surface area (Å²) in [6, 6.07) is 12.6. The zero-order chi connectivity index (χ0) is 23.3. The maximum atomic E-state index is 12.5. The lowest BCUT2D eigenvalue weighted by Crippen LogP contribution is -2.30. The lowest BCUT2D eigenvalue weighted by Gasteiger charge is -2.16. The van der Waals surface area contributed by atoms with Crippen LogP contribution >= 0.6 is 0 Å². The van der Waals surface area contributed by atoms with Gasteiger partial charge in [0.15, 0.2) is 6.10 Å². The van der Waals surface area contributed by atoms with Crippen LogP contribution in [-0.2, 0) is 27.8 Å². The number of rotatable bonds is 8. The third-order valence-corrected chi connectivity index (χ3v) is 4.67. The Bertz CT molecular complexity index is 1200. The summed E-state index contributed by atoms with van der Waals surface area (Å²) in [6.45, 7) is -1.70. The maximum Gasteiger partial charge on any atom is 0.387 e. The van der Waals surface area contributed by atoms with Gasteiger partial charge in [0, 0.05) is 13.5 Å². The molecule has 0 bridgehead atoms. The SMILES string of the molecule is CC(OC(=O)CCc1nc2ccccc2c(=O)n1C)C(=O)Nc1ccccc1OC(F)F. The second kappa shape index (κ2) is 9.99. The molecule has 0 radical (unpaired) electrons. The quantitative estimate of drug-likeness (QED) is 0.535. The van der Waals surface area contributed by atoms with Gasteiger partial charge < -0.3 is 14.8 Å². The maximum absolute atomic E-state index is 12.5. The molecule has 1 unspecified atom stereocenters. The molecule has 1 atom stereocenters. The minimum Gasteiger partial charge on any atom is -0.453 e. The third kappa shape index (κ3) is 5.45. The lowest BCUT2D eigenvalue weighted by molar-refractivity contribution is -0.153. The number of aromatic nitrogens is 2. The van der Waals surface area contributed by atoms with Crippen LogP contribution in [0, 0.1) is 0 Å². The van der Waals surface area contributed by atoms with Crippen LogP contribution in [0.4, 0.5) is 14.5 Å². The molecular formula is C22H21F2N3O5. The molecule has 1 amide bonds. The molecule has 0 spiro atoms. The number of benzene rings is 2.